The van der Waals surface area contributed by atoms with Crippen molar-refractivity contribution in [1.29, 1.82) is 0 Å². The molecule has 2 aliphatic rings. The number of ketones is 2. The molecule has 0 aromatic rings. The monoisotopic (exact) mass is 596 g/mol. The van der Waals surface area contributed by atoms with E-state index in [1.807, 2.05) is 74.6 Å². The minimum absolute atomic E-state index is 0.175. The molecule has 0 radical (unpaired) electrons. The second-order valence-electron chi connectivity index (χ2n) is 13.4. The van der Waals surface area contributed by atoms with Crippen LogP contribution in [0.2, 0.25) is 0 Å². The predicted octanol–water partition coefficient (Wildman–Crippen LogP) is 8.91. The molecule has 0 unspecified atom stereocenters. The maximum Gasteiger partial charge on any atom is 0.187 e. The van der Waals surface area contributed by atoms with Gasteiger partial charge in [0.2, 0.25) is 0 Å². The summed E-state index contributed by atoms with van der Waals surface area (Å²) in [5.41, 5.74) is 7.16. The zero-order chi connectivity index (χ0) is 33.2. The number of carbonyl (C=O) groups excluding carboxylic acids is 2. The van der Waals surface area contributed by atoms with Gasteiger partial charge in [0.25, 0.3) is 0 Å². The molecule has 0 saturated heterocycles. The van der Waals surface area contributed by atoms with Crippen LogP contribution < -0.4 is 0 Å². The number of aliphatic hydroxyl groups excluding tert-OH is 2. The molecule has 0 spiro atoms. The molecule has 2 aliphatic carbocycles. The van der Waals surface area contributed by atoms with Crippen molar-refractivity contribution in [3.63, 3.8) is 0 Å². The van der Waals surface area contributed by atoms with Crippen molar-refractivity contribution >= 4 is 11.6 Å². The van der Waals surface area contributed by atoms with Crippen molar-refractivity contribution < 1.29 is 19.8 Å². The van der Waals surface area contributed by atoms with Crippen LogP contribution >= 0.6 is 0 Å². The van der Waals surface area contributed by atoms with E-state index in [9.17, 15) is 19.8 Å². The van der Waals surface area contributed by atoms with Gasteiger partial charge in [-0.3, -0.25) is 9.59 Å². The van der Waals surface area contributed by atoms with Crippen molar-refractivity contribution in [3.8, 4) is 0 Å². The molecule has 236 valence electrons. The molecule has 2 atom stereocenters. The summed E-state index contributed by atoms with van der Waals surface area (Å²) in [6, 6.07) is 0. The first-order chi connectivity index (χ1) is 20.5. The Morgan fingerprint density at radius 2 is 0.864 bits per heavy atom. The van der Waals surface area contributed by atoms with E-state index in [0.717, 1.165) is 33.4 Å². The topological polar surface area (TPSA) is 74.6 Å². The van der Waals surface area contributed by atoms with E-state index in [-0.39, 0.29) is 22.4 Å². The van der Waals surface area contributed by atoms with Crippen molar-refractivity contribution in [3.05, 3.63) is 130 Å². The van der Waals surface area contributed by atoms with E-state index in [4.69, 9.17) is 0 Å². The van der Waals surface area contributed by atoms with Crippen LogP contribution in [0.15, 0.2) is 130 Å². The third kappa shape index (κ3) is 10.5. The maximum absolute atomic E-state index is 12.2. The third-order valence-electron chi connectivity index (χ3n) is 8.31. The lowest BCUT2D eigenvalue weighted by Gasteiger charge is -2.34. The Morgan fingerprint density at radius 1 is 0.568 bits per heavy atom. The summed E-state index contributed by atoms with van der Waals surface area (Å²) in [5.74, 6) is -0.350. The standard InChI is InChI=1S/C40H52O4/c1-27(17-13-19-29(3)21-23-33-31(5)37(43)35(41)25-39(33,7)8)15-11-12-16-28(2)18-14-20-30(4)22-24-34-32(6)38(44)36(42)26-40(34,9)10/h11-24,35-36,41-42H,25-26H2,1-10H3/b12-11-,17-13+,18-14+,23-21+,24-22+,27-15+,28-16+,29-19+,30-20+/t35-,36-/m0/s1. The lowest BCUT2D eigenvalue weighted by Crippen LogP contribution is -2.35. The minimum Gasteiger partial charge on any atom is -0.385 e. The van der Waals surface area contributed by atoms with Crippen LogP contribution in [-0.2, 0) is 9.59 Å². The van der Waals surface area contributed by atoms with Gasteiger partial charge >= 0.3 is 0 Å². The predicted molar refractivity (Wildman–Crippen MR) is 185 cm³/mol. The van der Waals surface area contributed by atoms with Gasteiger partial charge < -0.3 is 10.2 Å². The Kier molecular flexibility index (Phi) is 13.2. The Morgan fingerprint density at radius 3 is 1.20 bits per heavy atom. The fourth-order valence-corrected chi connectivity index (χ4v) is 5.62. The summed E-state index contributed by atoms with van der Waals surface area (Å²) in [7, 11) is 0. The highest BCUT2D eigenvalue weighted by atomic mass is 16.3. The van der Waals surface area contributed by atoms with E-state index in [1.54, 1.807) is 13.8 Å². The molecule has 0 heterocycles. The molecular formula is C40H52O4. The summed E-state index contributed by atoms with van der Waals surface area (Å²) in [4.78, 5) is 24.5. The molecule has 4 heteroatoms. The van der Waals surface area contributed by atoms with Gasteiger partial charge in [0.05, 0.1) is 0 Å². The van der Waals surface area contributed by atoms with E-state index in [0.29, 0.717) is 24.0 Å². The van der Waals surface area contributed by atoms with E-state index in [2.05, 4.69) is 65.8 Å². The lowest BCUT2D eigenvalue weighted by atomic mass is 9.71. The third-order valence-corrected chi connectivity index (χ3v) is 8.31. The number of rotatable bonds is 10. The highest BCUT2D eigenvalue weighted by molar-refractivity contribution is 6.01. The fourth-order valence-electron chi connectivity index (χ4n) is 5.62. The van der Waals surface area contributed by atoms with Gasteiger partial charge in [-0.1, -0.05) is 135 Å². The number of hydrogen-bond donors (Lipinski definition) is 2. The number of Topliss-reactive ketones (excluding diaryl/α,β-unsaturated/α-hetero) is 2. The van der Waals surface area contributed by atoms with Crippen LogP contribution in [0.3, 0.4) is 0 Å². The average Bonchev–Trinajstić information content (AvgIpc) is 2.92. The van der Waals surface area contributed by atoms with Gasteiger partial charge in [-0.25, -0.2) is 0 Å². The second-order valence-corrected chi connectivity index (χ2v) is 13.4. The largest absolute Gasteiger partial charge is 0.385 e. The number of allylic oxidation sites excluding steroid dienone is 20. The molecule has 0 amide bonds. The van der Waals surface area contributed by atoms with E-state index in [1.165, 1.54) is 0 Å². The first-order valence-corrected chi connectivity index (χ1v) is 15.4. The molecule has 0 bridgehead atoms. The first kappa shape index (κ1) is 36.6. The molecule has 2 rings (SSSR count). The maximum atomic E-state index is 12.2. The highest BCUT2D eigenvalue weighted by Crippen LogP contribution is 2.40. The quantitative estimate of drug-likeness (QED) is 0.247. The van der Waals surface area contributed by atoms with Gasteiger partial charge in [-0.2, -0.15) is 0 Å². The van der Waals surface area contributed by atoms with E-state index >= 15 is 0 Å². The van der Waals surface area contributed by atoms with Crippen molar-refractivity contribution in [1.82, 2.24) is 0 Å². The van der Waals surface area contributed by atoms with Crippen LogP contribution in [0.5, 0.6) is 0 Å². The molecule has 0 saturated carbocycles. The number of carbonyl (C=O) groups is 2. The first-order valence-electron chi connectivity index (χ1n) is 15.4. The summed E-state index contributed by atoms with van der Waals surface area (Å²) >= 11 is 0. The van der Waals surface area contributed by atoms with E-state index < -0.39 is 12.2 Å². The Balaban J connectivity index is 1.95. The molecule has 0 fully saturated rings. The van der Waals surface area contributed by atoms with Gasteiger partial charge in [-0.05, 0) is 87.5 Å². The van der Waals surface area contributed by atoms with Crippen LogP contribution in [-0.4, -0.2) is 34.0 Å². The SMILES string of the molecule is CC1=C(/C=C/C(C)=C/C=C/C(C)=C/C=C\C=C(C)\C=C\C=C(C)\C=C\C2=C(C)C(=O)[C@@H](O)CC2(C)C)C(C)(C)C[C@H](O)C1=O. The molecular weight excluding hydrogens is 544 g/mol. The van der Waals surface area contributed by atoms with Crippen LogP contribution in [0.25, 0.3) is 0 Å². The normalized spacial score (nSPS) is 24.5. The molecule has 2 N–H and O–H groups in total. The molecule has 0 aliphatic heterocycles. The molecule has 44 heavy (non-hydrogen) atoms. The van der Waals surface area contributed by atoms with Crippen molar-refractivity contribution in [2.24, 2.45) is 10.8 Å². The zero-order valence-electron chi connectivity index (χ0n) is 28.4. The Hall–Kier alpha value is -3.60. The van der Waals surface area contributed by atoms with Gasteiger partial charge in [0, 0.05) is 0 Å². The van der Waals surface area contributed by atoms with Crippen LogP contribution in [0.1, 0.15) is 82.1 Å². The van der Waals surface area contributed by atoms with Crippen LogP contribution in [0.4, 0.5) is 0 Å². The minimum atomic E-state index is -0.907. The molecule has 4 nitrogen and oxygen atoms in total. The Labute approximate surface area is 265 Å². The zero-order valence-corrected chi connectivity index (χ0v) is 28.4. The summed E-state index contributed by atoms with van der Waals surface area (Å²) < 4.78 is 0. The fraction of sp³-hybridized carbons (Fsp3) is 0.400. The summed E-state index contributed by atoms with van der Waals surface area (Å²) in [6.07, 6.45) is 27.5. The lowest BCUT2D eigenvalue weighted by molar-refractivity contribution is -0.126. The van der Waals surface area contributed by atoms with Crippen molar-refractivity contribution in [2.45, 2.75) is 94.3 Å². The molecule has 0 aromatic carbocycles. The van der Waals surface area contributed by atoms with Crippen molar-refractivity contribution in [2.75, 3.05) is 0 Å². The van der Waals surface area contributed by atoms with Gasteiger partial charge in [0.15, 0.2) is 11.6 Å². The molecule has 0 aromatic heterocycles. The van der Waals surface area contributed by atoms with Gasteiger partial charge in [0.1, 0.15) is 12.2 Å². The highest BCUT2D eigenvalue weighted by Gasteiger charge is 2.37. The smallest absolute Gasteiger partial charge is 0.187 e. The summed E-state index contributed by atoms with van der Waals surface area (Å²) in [5, 5.41) is 20.0. The Bertz CT molecular complexity index is 1340. The average molecular weight is 597 g/mol. The second kappa shape index (κ2) is 15.9. The summed E-state index contributed by atoms with van der Waals surface area (Å²) in [6.45, 7) is 20.0. The van der Waals surface area contributed by atoms with Crippen LogP contribution in [0, 0.1) is 10.8 Å². The number of hydrogen-bond acceptors (Lipinski definition) is 4. The number of aliphatic hydroxyl groups is 2. The van der Waals surface area contributed by atoms with Gasteiger partial charge in [-0.15, -0.1) is 0 Å².